The van der Waals surface area contributed by atoms with Gasteiger partial charge in [0.25, 0.3) is 0 Å². The number of aromatic nitrogens is 1. The van der Waals surface area contributed by atoms with Crippen molar-refractivity contribution < 1.29 is 14.2 Å². The number of nitriles is 1. The number of thioether (sulfide) groups is 1. The highest BCUT2D eigenvalue weighted by Crippen LogP contribution is 2.32. The third kappa shape index (κ3) is 4.47. The molecule has 1 aromatic carbocycles. The minimum absolute atomic E-state index is 0.125. The van der Waals surface area contributed by atoms with Crippen LogP contribution in [0.25, 0.3) is 11.1 Å². The van der Waals surface area contributed by atoms with E-state index in [0.29, 0.717) is 48.6 Å². The van der Waals surface area contributed by atoms with Crippen LogP contribution in [0.1, 0.15) is 12.5 Å². The van der Waals surface area contributed by atoms with E-state index in [2.05, 4.69) is 11.1 Å². The normalized spacial score (nSPS) is 13.8. The molecule has 136 valence electrons. The van der Waals surface area contributed by atoms with E-state index in [1.165, 1.54) is 11.8 Å². The van der Waals surface area contributed by atoms with Crippen molar-refractivity contribution in [2.75, 3.05) is 37.9 Å². The Balaban J connectivity index is 1.81. The van der Waals surface area contributed by atoms with E-state index in [1.54, 1.807) is 6.07 Å². The molecule has 26 heavy (non-hydrogen) atoms. The van der Waals surface area contributed by atoms with Gasteiger partial charge in [-0.05, 0) is 30.7 Å². The number of ether oxygens (including phenoxy) is 3. The van der Waals surface area contributed by atoms with Crippen molar-refractivity contribution in [2.45, 2.75) is 18.1 Å². The fourth-order valence-corrected chi connectivity index (χ4v) is 3.37. The number of rotatable bonds is 8. The number of anilines is 1. The molecule has 2 heterocycles. The summed E-state index contributed by atoms with van der Waals surface area (Å²) in [5, 5.41) is 10.3. The van der Waals surface area contributed by atoms with E-state index >= 15 is 0 Å². The van der Waals surface area contributed by atoms with Gasteiger partial charge in [0.2, 0.25) is 0 Å². The summed E-state index contributed by atoms with van der Waals surface area (Å²) >= 11 is 1.48. The highest BCUT2D eigenvalue weighted by Gasteiger charge is 2.20. The second-order valence-corrected chi connectivity index (χ2v) is 6.82. The molecular weight excluding hydrogens is 350 g/mol. The topological polar surface area (TPSA) is 90.4 Å². The fourth-order valence-electron chi connectivity index (χ4n) is 2.51. The number of hydrogen-bond donors (Lipinski definition) is 1. The summed E-state index contributed by atoms with van der Waals surface area (Å²) in [6.45, 7) is 4.48. The number of pyridine rings is 1. The highest BCUT2D eigenvalue weighted by molar-refractivity contribution is 7.99. The predicted molar refractivity (Wildman–Crippen MR) is 101 cm³/mol. The Morgan fingerprint density at radius 2 is 2.12 bits per heavy atom. The molecule has 1 aliphatic heterocycles. The molecule has 0 saturated carbocycles. The minimum atomic E-state index is 0.125. The van der Waals surface area contributed by atoms with Crippen molar-refractivity contribution >= 4 is 17.6 Å². The van der Waals surface area contributed by atoms with Gasteiger partial charge in [-0.25, -0.2) is 4.98 Å². The molecule has 1 fully saturated rings. The quantitative estimate of drug-likeness (QED) is 0.563. The number of hydrogen-bond acceptors (Lipinski definition) is 7. The predicted octanol–water partition coefficient (Wildman–Crippen LogP) is 3.11. The number of nitrogens with two attached hydrogens (primary N) is 1. The molecule has 1 aliphatic rings. The second kappa shape index (κ2) is 8.90. The molecule has 0 atom stereocenters. The average molecular weight is 371 g/mol. The summed E-state index contributed by atoms with van der Waals surface area (Å²) < 4.78 is 16.2. The average Bonchev–Trinajstić information content (AvgIpc) is 2.62. The zero-order chi connectivity index (χ0) is 18.4. The summed E-state index contributed by atoms with van der Waals surface area (Å²) in [5.41, 5.74) is 8.18. The lowest BCUT2D eigenvalue weighted by Crippen LogP contribution is -2.38. The van der Waals surface area contributed by atoms with E-state index < -0.39 is 0 Å². The van der Waals surface area contributed by atoms with E-state index in [4.69, 9.17) is 19.9 Å². The molecule has 1 aromatic heterocycles. The first-order chi connectivity index (χ1) is 12.7. The zero-order valence-corrected chi connectivity index (χ0v) is 15.4. The first-order valence-electron chi connectivity index (χ1n) is 8.47. The number of nitrogen functional groups attached to an aromatic ring is 1. The first kappa shape index (κ1) is 18.5. The highest BCUT2D eigenvalue weighted by atomic mass is 32.2. The molecule has 0 unspecified atom stereocenters. The molecule has 7 heteroatoms. The van der Waals surface area contributed by atoms with Gasteiger partial charge in [0.15, 0.2) is 0 Å². The molecule has 0 radical (unpaired) electrons. The molecule has 2 N–H and O–H groups in total. The monoisotopic (exact) mass is 371 g/mol. The second-order valence-electron chi connectivity index (χ2n) is 5.73. The van der Waals surface area contributed by atoms with Crippen LogP contribution in [0.5, 0.6) is 5.75 Å². The lowest BCUT2D eigenvalue weighted by Gasteiger charge is -2.26. The minimum Gasteiger partial charge on any atom is -0.486 e. The Labute approximate surface area is 157 Å². The van der Waals surface area contributed by atoms with Gasteiger partial charge in [-0.1, -0.05) is 12.1 Å². The van der Waals surface area contributed by atoms with Crippen LogP contribution in [0.15, 0.2) is 35.4 Å². The summed E-state index contributed by atoms with van der Waals surface area (Å²) in [6.07, 6.45) is 0.125. The largest absolute Gasteiger partial charge is 0.486 e. The Bertz CT molecular complexity index is 786. The maximum atomic E-state index is 9.65. The SMILES string of the molecule is CCOCCSc1nc(N)cc(-c2ccc(OC3COC3)cc2)c1C#N. The van der Waals surface area contributed by atoms with Gasteiger partial charge in [-0.3, -0.25) is 0 Å². The summed E-state index contributed by atoms with van der Waals surface area (Å²) in [5.74, 6) is 1.90. The third-order valence-electron chi connectivity index (χ3n) is 3.86. The maximum Gasteiger partial charge on any atom is 0.145 e. The lowest BCUT2D eigenvalue weighted by atomic mass is 10.0. The summed E-state index contributed by atoms with van der Waals surface area (Å²) in [4.78, 5) is 4.33. The van der Waals surface area contributed by atoms with Gasteiger partial charge >= 0.3 is 0 Å². The zero-order valence-electron chi connectivity index (χ0n) is 14.6. The molecule has 6 nitrogen and oxygen atoms in total. The van der Waals surface area contributed by atoms with E-state index in [9.17, 15) is 5.26 Å². The van der Waals surface area contributed by atoms with Gasteiger partial charge in [0, 0.05) is 17.9 Å². The first-order valence-corrected chi connectivity index (χ1v) is 9.45. The van der Waals surface area contributed by atoms with Gasteiger partial charge in [-0.2, -0.15) is 5.26 Å². The molecule has 1 saturated heterocycles. The Hall–Kier alpha value is -2.27. The Morgan fingerprint density at radius 3 is 2.73 bits per heavy atom. The Kier molecular flexibility index (Phi) is 6.34. The Morgan fingerprint density at radius 1 is 1.35 bits per heavy atom. The van der Waals surface area contributed by atoms with E-state index in [-0.39, 0.29) is 6.10 Å². The van der Waals surface area contributed by atoms with Crippen molar-refractivity contribution in [3.8, 4) is 22.9 Å². The smallest absolute Gasteiger partial charge is 0.145 e. The molecule has 3 rings (SSSR count). The third-order valence-corrected chi connectivity index (χ3v) is 4.80. The summed E-state index contributed by atoms with van der Waals surface area (Å²) in [7, 11) is 0. The molecule has 0 bridgehead atoms. The molecule has 2 aromatic rings. The maximum absolute atomic E-state index is 9.65. The number of benzene rings is 1. The molecular formula is C19H21N3O3S. The van der Waals surface area contributed by atoms with Crippen LogP contribution in [0.4, 0.5) is 5.82 Å². The van der Waals surface area contributed by atoms with Gasteiger partial charge in [0.05, 0.1) is 25.4 Å². The van der Waals surface area contributed by atoms with Crippen LogP contribution in [-0.4, -0.2) is 43.3 Å². The van der Waals surface area contributed by atoms with Crippen LogP contribution in [0, 0.1) is 11.3 Å². The molecule has 0 spiro atoms. The van der Waals surface area contributed by atoms with Gasteiger partial charge in [-0.15, -0.1) is 11.8 Å². The lowest BCUT2D eigenvalue weighted by molar-refractivity contribution is -0.0796. The fraction of sp³-hybridized carbons (Fsp3) is 0.368. The van der Waals surface area contributed by atoms with Crippen molar-refractivity contribution in [1.82, 2.24) is 4.98 Å². The van der Waals surface area contributed by atoms with Crippen LogP contribution < -0.4 is 10.5 Å². The van der Waals surface area contributed by atoms with Crippen molar-refractivity contribution in [2.24, 2.45) is 0 Å². The van der Waals surface area contributed by atoms with Crippen molar-refractivity contribution in [3.05, 3.63) is 35.9 Å². The van der Waals surface area contributed by atoms with E-state index in [1.807, 2.05) is 31.2 Å². The van der Waals surface area contributed by atoms with Crippen LogP contribution >= 0.6 is 11.8 Å². The summed E-state index contributed by atoms with van der Waals surface area (Å²) in [6, 6.07) is 11.7. The van der Waals surface area contributed by atoms with Crippen molar-refractivity contribution in [1.29, 1.82) is 5.26 Å². The number of nitrogens with zero attached hydrogens (tertiary/aromatic N) is 2. The van der Waals surface area contributed by atoms with Crippen molar-refractivity contribution in [3.63, 3.8) is 0 Å². The standard InChI is InChI=1S/C19H21N3O3S/c1-2-23-7-8-26-19-17(10-20)16(9-18(21)22-19)13-3-5-14(6-4-13)25-15-11-24-12-15/h3-6,9,15H,2,7-8,11-12H2,1H3,(H2,21,22). The van der Waals surface area contributed by atoms with E-state index in [0.717, 1.165) is 16.9 Å². The molecule has 0 amide bonds. The van der Waals surface area contributed by atoms with Gasteiger partial charge in [0.1, 0.15) is 28.8 Å². The van der Waals surface area contributed by atoms with Crippen LogP contribution in [0.3, 0.4) is 0 Å². The van der Waals surface area contributed by atoms with Gasteiger partial charge < -0.3 is 19.9 Å². The van der Waals surface area contributed by atoms with Crippen LogP contribution in [-0.2, 0) is 9.47 Å². The molecule has 0 aliphatic carbocycles. The van der Waals surface area contributed by atoms with Crippen LogP contribution in [0.2, 0.25) is 0 Å².